The van der Waals surface area contributed by atoms with Crippen molar-refractivity contribution in [3.63, 3.8) is 0 Å². The summed E-state index contributed by atoms with van der Waals surface area (Å²) in [7, 11) is 1.37. The summed E-state index contributed by atoms with van der Waals surface area (Å²) in [5.74, 6) is 0.299. The lowest BCUT2D eigenvalue weighted by molar-refractivity contribution is 0.0599. The Kier molecular flexibility index (Phi) is 5.78. The molecule has 0 amide bonds. The molecule has 0 bridgehead atoms. The number of carbonyl (C=O) groups excluding carboxylic acids is 1. The maximum absolute atomic E-state index is 11.4. The third-order valence-corrected chi connectivity index (χ3v) is 3.63. The average molecular weight is 274 g/mol. The molecule has 0 fully saturated rings. The van der Waals surface area contributed by atoms with Gasteiger partial charge in [0.2, 0.25) is 0 Å². The quantitative estimate of drug-likeness (QED) is 0.469. The number of aryl methyl sites for hydroxylation is 1. The number of esters is 1. The summed E-state index contributed by atoms with van der Waals surface area (Å²) >= 11 is 7.35. The van der Waals surface area contributed by atoms with Crippen LogP contribution in [0.25, 0.3) is 0 Å². The number of thioether (sulfide) groups is 1. The fraction of sp³-hybridized carbons (Fsp3) is 0.500. The molecule has 17 heavy (non-hydrogen) atoms. The molecule has 5 heteroatoms. The Hall–Kier alpha value is -0.740. The van der Waals surface area contributed by atoms with Crippen molar-refractivity contribution in [2.45, 2.75) is 30.5 Å². The predicted molar refractivity (Wildman–Crippen MR) is 71.0 cm³/mol. The summed E-state index contributed by atoms with van der Waals surface area (Å²) in [5.41, 5.74) is 1.21. The summed E-state index contributed by atoms with van der Waals surface area (Å²) in [6.07, 6.45) is 0.936. The van der Waals surface area contributed by atoms with Crippen LogP contribution < -0.4 is 0 Å². The first-order valence-corrected chi connectivity index (χ1v) is 6.78. The van der Waals surface area contributed by atoms with Gasteiger partial charge in [0.05, 0.1) is 23.4 Å². The van der Waals surface area contributed by atoms with Crippen LogP contribution in [0.4, 0.5) is 0 Å². The molecule has 0 aliphatic carbocycles. The van der Waals surface area contributed by atoms with Crippen LogP contribution in [0.3, 0.4) is 0 Å². The number of pyridine rings is 1. The van der Waals surface area contributed by atoms with E-state index in [9.17, 15) is 4.79 Å². The Bertz CT molecular complexity index is 398. The van der Waals surface area contributed by atoms with Gasteiger partial charge in [0.1, 0.15) is 0 Å². The monoisotopic (exact) mass is 273 g/mol. The molecule has 0 spiro atoms. The smallest absolute Gasteiger partial charge is 0.339 e. The maximum Gasteiger partial charge on any atom is 0.339 e. The van der Waals surface area contributed by atoms with Crippen molar-refractivity contribution in [2.24, 2.45) is 0 Å². The third kappa shape index (κ3) is 4.21. The molecule has 3 nitrogen and oxygen atoms in total. The zero-order valence-electron chi connectivity index (χ0n) is 10.2. The Labute approximate surface area is 111 Å². The van der Waals surface area contributed by atoms with Crippen LogP contribution in [0.5, 0.6) is 0 Å². The molecule has 0 saturated carbocycles. The fourth-order valence-corrected chi connectivity index (χ4v) is 2.79. The molecule has 1 unspecified atom stereocenters. The second-order valence-corrected chi connectivity index (χ2v) is 5.52. The largest absolute Gasteiger partial charge is 0.465 e. The number of rotatable bonds is 5. The van der Waals surface area contributed by atoms with Gasteiger partial charge in [0.15, 0.2) is 0 Å². The first-order valence-electron chi connectivity index (χ1n) is 5.37. The van der Waals surface area contributed by atoms with Crippen molar-refractivity contribution in [1.82, 2.24) is 4.98 Å². The molecule has 0 aliphatic heterocycles. The molecule has 1 rings (SSSR count). The summed E-state index contributed by atoms with van der Waals surface area (Å²) in [6, 6.07) is 3.60. The number of aromatic nitrogens is 1. The predicted octanol–water partition coefficient (Wildman–Crippen LogP) is 3.29. The van der Waals surface area contributed by atoms with Crippen LogP contribution >= 0.6 is 23.4 Å². The minimum Gasteiger partial charge on any atom is -0.465 e. The van der Waals surface area contributed by atoms with E-state index in [1.807, 2.05) is 13.0 Å². The molecule has 0 radical (unpaired) electrons. The van der Waals surface area contributed by atoms with Crippen molar-refractivity contribution < 1.29 is 9.53 Å². The van der Waals surface area contributed by atoms with E-state index in [1.165, 1.54) is 7.11 Å². The zero-order valence-corrected chi connectivity index (χ0v) is 11.8. The van der Waals surface area contributed by atoms with Gasteiger partial charge < -0.3 is 4.74 Å². The molecular weight excluding hydrogens is 258 g/mol. The van der Waals surface area contributed by atoms with Gasteiger partial charge in [-0.25, -0.2) is 9.78 Å². The van der Waals surface area contributed by atoms with Crippen LogP contribution in [0.1, 0.15) is 29.4 Å². The number of hydrogen-bond acceptors (Lipinski definition) is 4. The normalized spacial score (nSPS) is 12.2. The molecule has 1 aromatic rings. The van der Waals surface area contributed by atoms with Gasteiger partial charge >= 0.3 is 5.97 Å². The van der Waals surface area contributed by atoms with Crippen molar-refractivity contribution in [2.75, 3.05) is 13.0 Å². The summed E-state index contributed by atoms with van der Waals surface area (Å²) in [6.45, 7) is 3.92. The topological polar surface area (TPSA) is 39.2 Å². The van der Waals surface area contributed by atoms with E-state index in [2.05, 4.69) is 16.6 Å². The number of carbonyl (C=O) groups is 1. The number of alkyl halides is 1. The van der Waals surface area contributed by atoms with Gasteiger partial charge in [-0.1, -0.05) is 6.92 Å². The molecule has 0 aliphatic rings. The second-order valence-electron chi connectivity index (χ2n) is 3.68. The fourth-order valence-electron chi connectivity index (χ4n) is 1.35. The molecule has 0 N–H and O–H groups in total. The highest BCUT2D eigenvalue weighted by Crippen LogP contribution is 2.24. The van der Waals surface area contributed by atoms with Crippen molar-refractivity contribution in [3.8, 4) is 0 Å². The molecule has 1 atom stereocenters. The Morgan fingerprint density at radius 1 is 1.59 bits per heavy atom. The lowest BCUT2D eigenvalue weighted by Gasteiger charge is -2.10. The Morgan fingerprint density at radius 2 is 2.29 bits per heavy atom. The van der Waals surface area contributed by atoms with Crippen LogP contribution in [-0.2, 0) is 4.74 Å². The highest BCUT2D eigenvalue weighted by Gasteiger charge is 2.12. The lowest BCUT2D eigenvalue weighted by Crippen LogP contribution is -2.06. The zero-order chi connectivity index (χ0) is 12.8. The second kappa shape index (κ2) is 6.87. The Balaban J connectivity index is 2.78. The van der Waals surface area contributed by atoms with E-state index in [0.717, 1.165) is 11.4 Å². The standard InChI is InChI=1S/C12H16ClNO2S/c1-8(6-7-13)17-11-5-4-10(9(2)14-11)12(15)16-3/h4-5,8H,6-7H2,1-3H3. The summed E-state index contributed by atoms with van der Waals surface area (Å²) in [5, 5.41) is 1.33. The highest BCUT2D eigenvalue weighted by molar-refractivity contribution is 7.99. The maximum atomic E-state index is 11.4. The van der Waals surface area contributed by atoms with E-state index in [1.54, 1.807) is 17.8 Å². The molecular formula is C12H16ClNO2S. The van der Waals surface area contributed by atoms with Gasteiger partial charge in [0, 0.05) is 11.1 Å². The van der Waals surface area contributed by atoms with Crippen LogP contribution in [0.15, 0.2) is 17.2 Å². The number of ether oxygens (including phenoxy) is 1. The minimum atomic E-state index is -0.347. The van der Waals surface area contributed by atoms with Gasteiger partial charge in [0.25, 0.3) is 0 Å². The summed E-state index contributed by atoms with van der Waals surface area (Å²) in [4.78, 5) is 15.8. The van der Waals surface area contributed by atoms with Gasteiger partial charge in [-0.2, -0.15) is 0 Å². The highest BCUT2D eigenvalue weighted by atomic mass is 35.5. The first-order chi connectivity index (χ1) is 8.08. The van der Waals surface area contributed by atoms with Crippen molar-refractivity contribution in [1.29, 1.82) is 0 Å². The van der Waals surface area contributed by atoms with Crippen molar-refractivity contribution >= 4 is 29.3 Å². The van der Waals surface area contributed by atoms with Gasteiger partial charge in [-0.3, -0.25) is 0 Å². The first kappa shape index (κ1) is 14.3. The minimum absolute atomic E-state index is 0.347. The number of hydrogen-bond donors (Lipinski definition) is 0. The van der Waals surface area contributed by atoms with E-state index in [0.29, 0.717) is 22.4 Å². The van der Waals surface area contributed by atoms with E-state index >= 15 is 0 Å². The number of nitrogens with zero attached hydrogens (tertiary/aromatic N) is 1. The van der Waals surface area contributed by atoms with Gasteiger partial charge in [-0.15, -0.1) is 23.4 Å². The van der Waals surface area contributed by atoms with Gasteiger partial charge in [-0.05, 0) is 25.5 Å². The third-order valence-electron chi connectivity index (χ3n) is 2.30. The molecule has 0 saturated heterocycles. The SMILES string of the molecule is COC(=O)c1ccc(SC(C)CCCl)nc1C. The molecule has 1 aromatic heterocycles. The lowest BCUT2D eigenvalue weighted by atomic mass is 10.2. The summed E-state index contributed by atoms with van der Waals surface area (Å²) < 4.78 is 4.67. The Morgan fingerprint density at radius 3 is 2.82 bits per heavy atom. The molecule has 0 aromatic carbocycles. The van der Waals surface area contributed by atoms with Crippen LogP contribution in [-0.4, -0.2) is 29.2 Å². The van der Waals surface area contributed by atoms with E-state index < -0.39 is 0 Å². The van der Waals surface area contributed by atoms with Crippen LogP contribution in [0.2, 0.25) is 0 Å². The number of methoxy groups -OCH3 is 1. The molecule has 1 heterocycles. The average Bonchev–Trinajstić information content (AvgIpc) is 2.28. The number of halogens is 1. The molecule has 94 valence electrons. The van der Waals surface area contributed by atoms with Crippen LogP contribution in [0, 0.1) is 6.92 Å². The van der Waals surface area contributed by atoms with Crippen molar-refractivity contribution in [3.05, 3.63) is 23.4 Å². The van der Waals surface area contributed by atoms with E-state index in [-0.39, 0.29) is 5.97 Å². The van der Waals surface area contributed by atoms with E-state index in [4.69, 9.17) is 11.6 Å².